The van der Waals surface area contributed by atoms with E-state index in [-0.39, 0.29) is 47.9 Å². The first-order valence-electron chi connectivity index (χ1n) is 17.7. The molecule has 314 valence electrons. The summed E-state index contributed by atoms with van der Waals surface area (Å²) in [6.07, 6.45) is -3.12. The first kappa shape index (κ1) is 44.2. The SMILES string of the molecule is NCCOCCOCCOCCOCCOCCN(N)/C=C(\N)COC1c2c(O)cc(O)cc2OC(c2cc(O)c(O)c(O)c2)C1OC(=O)c1cc(O)[nH]c(=O)c1. The molecule has 0 amide bonds. The molecule has 21 nitrogen and oxygen atoms in total. The van der Waals surface area contributed by atoms with E-state index >= 15 is 0 Å². The van der Waals surface area contributed by atoms with E-state index in [4.69, 9.17) is 55.2 Å². The number of nitrogens with zero attached hydrogens (tertiary/aromatic N) is 1. The van der Waals surface area contributed by atoms with E-state index in [0.29, 0.717) is 66.0 Å². The number of aromatic hydroxyl groups is 6. The highest BCUT2D eigenvalue weighted by Crippen LogP contribution is 2.51. The van der Waals surface area contributed by atoms with Crippen LogP contribution >= 0.6 is 0 Å². The average Bonchev–Trinajstić information content (AvgIpc) is 3.15. The normalized spacial score (nSPS) is 16.5. The van der Waals surface area contributed by atoms with E-state index < -0.39 is 64.5 Å². The van der Waals surface area contributed by atoms with Gasteiger partial charge in [0.05, 0.1) is 96.0 Å². The van der Waals surface area contributed by atoms with Crippen molar-refractivity contribution in [2.24, 2.45) is 17.3 Å². The van der Waals surface area contributed by atoms with E-state index in [9.17, 15) is 40.2 Å². The Bertz CT molecular complexity index is 1820. The number of nitrogens with one attached hydrogen (secondary N) is 1. The lowest BCUT2D eigenvalue weighted by atomic mass is 9.90. The Kier molecular flexibility index (Phi) is 17.3. The molecule has 21 heteroatoms. The number of carbonyl (C=O) groups excluding carboxylic acids is 1. The van der Waals surface area contributed by atoms with E-state index in [2.05, 4.69) is 4.98 Å². The van der Waals surface area contributed by atoms with Crippen LogP contribution in [0.5, 0.6) is 40.4 Å². The molecule has 0 fully saturated rings. The number of H-pyrrole nitrogens is 1. The number of phenolic OH excluding ortho intramolecular Hbond substituents is 5. The van der Waals surface area contributed by atoms with Crippen molar-refractivity contribution >= 4 is 5.97 Å². The van der Waals surface area contributed by atoms with Crippen LogP contribution in [0.25, 0.3) is 0 Å². The number of hydrogen-bond donors (Lipinski definition) is 10. The molecule has 4 rings (SSSR count). The molecular formula is C36H49N5O16. The quantitative estimate of drug-likeness (QED) is 0.0188. The van der Waals surface area contributed by atoms with Crippen molar-refractivity contribution in [3.63, 3.8) is 0 Å². The molecule has 1 aromatic heterocycles. The number of aromatic amines is 1. The predicted octanol–water partition coefficient (Wildman–Crippen LogP) is 0.0430. The number of aromatic nitrogens is 1. The van der Waals surface area contributed by atoms with E-state index in [1.165, 1.54) is 11.2 Å². The van der Waals surface area contributed by atoms with Crippen molar-refractivity contribution in [1.29, 1.82) is 0 Å². The van der Waals surface area contributed by atoms with Gasteiger partial charge in [-0.05, 0) is 12.1 Å². The van der Waals surface area contributed by atoms with Crippen LogP contribution in [0.4, 0.5) is 0 Å². The Morgan fingerprint density at radius 2 is 1.37 bits per heavy atom. The first-order chi connectivity index (χ1) is 27.4. The third-order valence-corrected chi connectivity index (χ3v) is 7.97. The fourth-order valence-electron chi connectivity index (χ4n) is 5.43. The van der Waals surface area contributed by atoms with Crippen LogP contribution in [-0.4, -0.2) is 138 Å². The summed E-state index contributed by atoms with van der Waals surface area (Å²) in [4.78, 5) is 27.5. The molecule has 3 atom stereocenters. The lowest BCUT2D eigenvalue weighted by Gasteiger charge is -2.39. The van der Waals surface area contributed by atoms with Crippen LogP contribution in [0.15, 0.2) is 53.1 Å². The zero-order chi connectivity index (χ0) is 41.3. The number of carbonyl (C=O) groups is 1. The topological polar surface area (TPSA) is 326 Å². The molecule has 0 spiro atoms. The van der Waals surface area contributed by atoms with Crippen molar-refractivity contribution in [1.82, 2.24) is 9.99 Å². The van der Waals surface area contributed by atoms with Gasteiger partial charge in [0.2, 0.25) is 0 Å². The van der Waals surface area contributed by atoms with Crippen molar-refractivity contribution < 1.29 is 73.3 Å². The highest BCUT2D eigenvalue weighted by molar-refractivity contribution is 5.89. The summed E-state index contributed by atoms with van der Waals surface area (Å²) in [5, 5.41) is 62.9. The second-order valence-corrected chi connectivity index (χ2v) is 12.3. The standard InChI is InChI=1S/C36H49N5O16/c37-1-3-50-5-7-52-9-11-54-12-10-53-8-6-51-4-2-41(39)19-23(38)20-55-34-31-25(43)17-24(42)18-28(31)56-33(21-13-26(44)32(48)27(45)14-21)35(34)57-36(49)22-15-29(46)40-30(47)16-22/h13-19,33-35,42-45,48H,1-12,20,37-39H2,(H2,40,46,47)/b23-19-. The third kappa shape index (κ3) is 13.6. The number of rotatable bonds is 24. The first-order valence-corrected chi connectivity index (χ1v) is 17.7. The van der Waals surface area contributed by atoms with Crippen LogP contribution in [0.2, 0.25) is 0 Å². The summed E-state index contributed by atoms with van der Waals surface area (Å²) in [6.45, 7) is 4.19. The molecule has 0 saturated heterocycles. The summed E-state index contributed by atoms with van der Waals surface area (Å²) >= 11 is 0. The molecule has 1 aliphatic rings. The van der Waals surface area contributed by atoms with Crippen LogP contribution in [0, 0.1) is 0 Å². The largest absolute Gasteiger partial charge is 0.508 e. The van der Waals surface area contributed by atoms with E-state index in [1.807, 2.05) is 0 Å². The smallest absolute Gasteiger partial charge is 0.339 e. The summed E-state index contributed by atoms with van der Waals surface area (Å²) in [7, 11) is 0. The van der Waals surface area contributed by atoms with Gasteiger partial charge >= 0.3 is 5.97 Å². The number of ether oxygens (including phenoxy) is 8. The number of hydrogen-bond acceptors (Lipinski definition) is 20. The van der Waals surface area contributed by atoms with E-state index in [0.717, 1.165) is 36.4 Å². The van der Waals surface area contributed by atoms with Crippen LogP contribution in [-0.2, 0) is 33.2 Å². The van der Waals surface area contributed by atoms with Gasteiger partial charge in [-0.2, -0.15) is 0 Å². The van der Waals surface area contributed by atoms with Crippen molar-refractivity contribution in [3.05, 3.63) is 75.3 Å². The molecule has 0 aliphatic carbocycles. The second-order valence-electron chi connectivity index (χ2n) is 12.3. The Balaban J connectivity index is 1.36. The van der Waals surface area contributed by atoms with Gasteiger partial charge in [-0.15, -0.1) is 0 Å². The van der Waals surface area contributed by atoms with Gasteiger partial charge in [0.25, 0.3) is 5.56 Å². The van der Waals surface area contributed by atoms with Gasteiger partial charge in [0.1, 0.15) is 23.4 Å². The molecule has 57 heavy (non-hydrogen) atoms. The van der Waals surface area contributed by atoms with Gasteiger partial charge in [-0.3, -0.25) is 9.78 Å². The molecule has 3 aromatic rings. The maximum absolute atomic E-state index is 13.4. The highest BCUT2D eigenvalue weighted by atomic mass is 16.6. The highest BCUT2D eigenvalue weighted by Gasteiger charge is 2.45. The molecule has 13 N–H and O–H groups in total. The summed E-state index contributed by atoms with van der Waals surface area (Å²) in [5.74, 6) is 0.885. The lowest BCUT2D eigenvalue weighted by Crippen LogP contribution is -2.40. The number of fused-ring (bicyclic) bond motifs is 1. The van der Waals surface area contributed by atoms with Crippen LogP contribution < -0.4 is 27.6 Å². The Hall–Kier alpha value is -5.52. The minimum atomic E-state index is -1.58. The Morgan fingerprint density at radius 1 is 0.789 bits per heavy atom. The summed E-state index contributed by atoms with van der Waals surface area (Å²) < 4.78 is 45.0. The number of phenols is 5. The number of benzene rings is 2. The lowest BCUT2D eigenvalue weighted by molar-refractivity contribution is -0.106. The molecule has 0 saturated carbocycles. The fourth-order valence-corrected chi connectivity index (χ4v) is 5.43. The molecule has 0 bridgehead atoms. The van der Waals surface area contributed by atoms with Crippen molar-refractivity contribution in [2.45, 2.75) is 18.3 Å². The monoisotopic (exact) mass is 807 g/mol. The van der Waals surface area contributed by atoms with Crippen molar-refractivity contribution in [2.75, 3.05) is 85.8 Å². The van der Waals surface area contributed by atoms with Crippen molar-refractivity contribution in [3.8, 4) is 40.4 Å². The van der Waals surface area contributed by atoms with Gasteiger partial charge in [0.15, 0.2) is 35.3 Å². The van der Waals surface area contributed by atoms with Crippen LogP contribution in [0.3, 0.4) is 0 Å². The maximum atomic E-state index is 13.4. The molecule has 0 radical (unpaired) electrons. The fraction of sp³-hybridized carbons (Fsp3) is 0.444. The number of esters is 1. The molecule has 3 unspecified atom stereocenters. The minimum absolute atomic E-state index is 0.0472. The predicted molar refractivity (Wildman–Crippen MR) is 198 cm³/mol. The van der Waals surface area contributed by atoms with Gasteiger partial charge in [-0.25, -0.2) is 10.6 Å². The van der Waals surface area contributed by atoms with Gasteiger partial charge < -0.3 is 85.0 Å². The molecule has 2 heterocycles. The zero-order valence-electron chi connectivity index (χ0n) is 30.9. The summed E-state index contributed by atoms with van der Waals surface area (Å²) in [6, 6.07) is 5.99. The Labute approximate surface area is 326 Å². The maximum Gasteiger partial charge on any atom is 0.339 e. The van der Waals surface area contributed by atoms with E-state index in [1.54, 1.807) is 0 Å². The number of nitrogens with two attached hydrogens (primary N) is 3. The molecular weight excluding hydrogens is 758 g/mol. The second kappa shape index (κ2) is 22.3. The third-order valence-electron chi connectivity index (χ3n) is 7.97. The van der Waals surface area contributed by atoms with Gasteiger partial charge in [0, 0.05) is 42.6 Å². The van der Waals surface area contributed by atoms with Crippen LogP contribution in [0.1, 0.15) is 33.7 Å². The molecule has 1 aliphatic heterocycles. The number of pyridine rings is 1. The minimum Gasteiger partial charge on any atom is -0.508 e. The van der Waals surface area contributed by atoms with Gasteiger partial charge in [-0.1, -0.05) is 0 Å². The summed E-state index contributed by atoms with van der Waals surface area (Å²) in [5.41, 5.74) is 10.3. The Morgan fingerprint density at radius 3 is 1.95 bits per heavy atom. The number of hydrazine groups is 1. The molecule has 2 aromatic carbocycles. The zero-order valence-corrected chi connectivity index (χ0v) is 30.9. The average molecular weight is 808 g/mol.